The van der Waals surface area contributed by atoms with Gasteiger partial charge in [-0.25, -0.2) is 0 Å². The second-order valence-corrected chi connectivity index (χ2v) is 6.24. The topological polar surface area (TPSA) is 66.5 Å². The number of rotatable bonds is 4. The first-order chi connectivity index (χ1) is 12.5. The van der Waals surface area contributed by atoms with Gasteiger partial charge in [0, 0.05) is 18.7 Å². The van der Waals surface area contributed by atoms with Crippen molar-refractivity contribution in [3.63, 3.8) is 0 Å². The number of carbonyl (C=O) groups is 3. The molecule has 2 aromatic rings. The Labute approximate surface area is 152 Å². The van der Waals surface area contributed by atoms with Crippen LogP contribution in [0.1, 0.15) is 47.8 Å². The summed E-state index contributed by atoms with van der Waals surface area (Å²) in [7, 11) is 0. The molecule has 1 aliphatic rings. The minimum absolute atomic E-state index is 0.104. The van der Waals surface area contributed by atoms with Crippen molar-refractivity contribution >= 4 is 29.4 Å². The first-order valence-electron chi connectivity index (χ1n) is 8.43. The van der Waals surface area contributed by atoms with Gasteiger partial charge in [0.05, 0.1) is 18.2 Å². The number of anilines is 1. The molecule has 0 saturated carbocycles. The van der Waals surface area contributed by atoms with E-state index in [1.807, 2.05) is 30.3 Å². The predicted molar refractivity (Wildman–Crippen MR) is 100 cm³/mol. The van der Waals surface area contributed by atoms with E-state index in [-0.39, 0.29) is 30.1 Å². The Morgan fingerprint density at radius 3 is 2.42 bits per heavy atom. The number of carbonyl (C=O) groups excluding carboxylic acids is 3. The molecule has 1 N–H and O–H groups in total. The molecular formula is C21H20N2O3. The van der Waals surface area contributed by atoms with Crippen LogP contribution in [0.5, 0.6) is 0 Å². The first kappa shape index (κ1) is 17.6. The van der Waals surface area contributed by atoms with Crippen molar-refractivity contribution in [2.75, 3.05) is 5.32 Å². The van der Waals surface area contributed by atoms with E-state index in [9.17, 15) is 14.4 Å². The molecule has 1 heterocycles. The van der Waals surface area contributed by atoms with Crippen LogP contribution in [0.25, 0.3) is 6.08 Å². The lowest BCUT2D eigenvalue weighted by Crippen LogP contribution is -2.33. The number of hydrogen-bond donors (Lipinski definition) is 1. The van der Waals surface area contributed by atoms with E-state index in [4.69, 9.17) is 0 Å². The SMILES string of the molecule is CC(=O)c1ccccc1NC(=O)C[C@H]1c2ccccc2C=CN1C(C)=O. The van der Waals surface area contributed by atoms with Gasteiger partial charge in [-0.1, -0.05) is 36.4 Å². The number of Topliss-reactive ketones (excluding diaryl/α,β-unsaturated/α-hetero) is 1. The fourth-order valence-electron chi connectivity index (χ4n) is 3.19. The van der Waals surface area contributed by atoms with Crippen molar-refractivity contribution in [2.45, 2.75) is 26.3 Å². The summed E-state index contributed by atoms with van der Waals surface area (Å²) in [6.45, 7) is 2.94. The Bertz CT molecular complexity index is 902. The minimum Gasteiger partial charge on any atom is -0.325 e. The highest BCUT2D eigenvalue weighted by Gasteiger charge is 2.28. The van der Waals surface area contributed by atoms with Gasteiger partial charge in [-0.15, -0.1) is 0 Å². The van der Waals surface area contributed by atoms with Gasteiger partial charge in [0.1, 0.15) is 0 Å². The van der Waals surface area contributed by atoms with E-state index >= 15 is 0 Å². The molecule has 132 valence electrons. The van der Waals surface area contributed by atoms with Gasteiger partial charge >= 0.3 is 0 Å². The molecule has 0 saturated heterocycles. The maximum Gasteiger partial charge on any atom is 0.226 e. The quantitative estimate of drug-likeness (QED) is 0.855. The van der Waals surface area contributed by atoms with Gasteiger partial charge < -0.3 is 10.2 Å². The van der Waals surface area contributed by atoms with Crippen LogP contribution in [-0.4, -0.2) is 22.5 Å². The smallest absolute Gasteiger partial charge is 0.226 e. The number of nitrogens with zero attached hydrogens (tertiary/aromatic N) is 1. The predicted octanol–water partition coefficient (Wildman–Crippen LogP) is 3.79. The van der Waals surface area contributed by atoms with Crippen molar-refractivity contribution in [3.05, 3.63) is 71.4 Å². The van der Waals surface area contributed by atoms with Gasteiger partial charge in [-0.3, -0.25) is 14.4 Å². The first-order valence-corrected chi connectivity index (χ1v) is 8.43. The Kier molecular flexibility index (Phi) is 4.98. The van der Waals surface area contributed by atoms with E-state index in [0.717, 1.165) is 11.1 Å². The molecule has 1 atom stereocenters. The summed E-state index contributed by atoms with van der Waals surface area (Å²) in [5.74, 6) is -0.491. The van der Waals surface area contributed by atoms with Crippen LogP contribution in [-0.2, 0) is 9.59 Å². The third kappa shape index (κ3) is 3.57. The number of benzene rings is 2. The highest BCUT2D eigenvalue weighted by atomic mass is 16.2. The van der Waals surface area contributed by atoms with Gasteiger partial charge in [0.25, 0.3) is 0 Å². The normalized spacial score (nSPS) is 15.3. The molecule has 0 bridgehead atoms. The van der Waals surface area contributed by atoms with Gasteiger partial charge in [0.15, 0.2) is 5.78 Å². The minimum atomic E-state index is -0.377. The summed E-state index contributed by atoms with van der Waals surface area (Å²) < 4.78 is 0. The molecule has 0 radical (unpaired) electrons. The lowest BCUT2D eigenvalue weighted by molar-refractivity contribution is -0.129. The second kappa shape index (κ2) is 7.35. The van der Waals surface area contributed by atoms with E-state index < -0.39 is 0 Å². The lowest BCUT2D eigenvalue weighted by atomic mass is 9.93. The zero-order chi connectivity index (χ0) is 18.7. The molecule has 0 unspecified atom stereocenters. The molecule has 1 aliphatic heterocycles. The lowest BCUT2D eigenvalue weighted by Gasteiger charge is -2.32. The molecule has 3 rings (SSSR count). The molecule has 5 nitrogen and oxygen atoms in total. The van der Waals surface area contributed by atoms with E-state index in [1.54, 1.807) is 35.4 Å². The molecule has 5 heteroatoms. The molecular weight excluding hydrogens is 328 g/mol. The number of ketones is 1. The maximum atomic E-state index is 12.6. The molecule has 0 aliphatic carbocycles. The summed E-state index contributed by atoms with van der Waals surface area (Å²) in [6, 6.07) is 14.2. The number of nitrogens with one attached hydrogen (secondary N) is 1. The summed E-state index contributed by atoms with van der Waals surface area (Å²) in [4.78, 5) is 37.9. The molecule has 2 amide bonds. The maximum absolute atomic E-state index is 12.6. The highest BCUT2D eigenvalue weighted by Crippen LogP contribution is 2.33. The van der Waals surface area contributed by atoms with E-state index in [1.165, 1.54) is 13.8 Å². The van der Waals surface area contributed by atoms with Crippen LogP contribution in [0, 0.1) is 0 Å². The summed E-state index contributed by atoms with van der Waals surface area (Å²) in [5, 5.41) is 2.81. The Morgan fingerprint density at radius 2 is 1.69 bits per heavy atom. The summed E-state index contributed by atoms with van der Waals surface area (Å²) >= 11 is 0. The second-order valence-electron chi connectivity index (χ2n) is 6.24. The van der Waals surface area contributed by atoms with Crippen molar-refractivity contribution in [1.82, 2.24) is 4.90 Å². The number of fused-ring (bicyclic) bond motifs is 1. The average Bonchev–Trinajstić information content (AvgIpc) is 2.62. The third-order valence-corrected chi connectivity index (χ3v) is 4.43. The molecule has 0 fully saturated rings. The fourth-order valence-corrected chi connectivity index (χ4v) is 3.19. The van der Waals surface area contributed by atoms with Crippen LogP contribution in [0.4, 0.5) is 5.69 Å². The fraction of sp³-hybridized carbons (Fsp3) is 0.190. The van der Waals surface area contributed by atoms with Crippen LogP contribution in [0.2, 0.25) is 0 Å². The van der Waals surface area contributed by atoms with E-state index in [0.29, 0.717) is 11.3 Å². The Morgan fingerprint density at radius 1 is 1.00 bits per heavy atom. The van der Waals surface area contributed by atoms with Crippen molar-refractivity contribution in [2.24, 2.45) is 0 Å². The van der Waals surface area contributed by atoms with Crippen LogP contribution < -0.4 is 5.32 Å². The van der Waals surface area contributed by atoms with Gasteiger partial charge in [-0.2, -0.15) is 0 Å². The summed E-state index contributed by atoms with van der Waals surface area (Å²) in [5.41, 5.74) is 2.87. The molecule has 0 spiro atoms. The van der Waals surface area contributed by atoms with Crippen LogP contribution >= 0.6 is 0 Å². The van der Waals surface area contributed by atoms with Gasteiger partial charge in [0.2, 0.25) is 11.8 Å². The van der Waals surface area contributed by atoms with Crippen molar-refractivity contribution < 1.29 is 14.4 Å². The third-order valence-electron chi connectivity index (χ3n) is 4.43. The van der Waals surface area contributed by atoms with Crippen LogP contribution in [0.15, 0.2) is 54.7 Å². The van der Waals surface area contributed by atoms with Crippen LogP contribution in [0.3, 0.4) is 0 Å². The summed E-state index contributed by atoms with van der Waals surface area (Å²) in [6.07, 6.45) is 3.69. The highest BCUT2D eigenvalue weighted by molar-refractivity contribution is 6.03. The zero-order valence-electron chi connectivity index (χ0n) is 14.7. The number of hydrogen-bond acceptors (Lipinski definition) is 3. The number of amides is 2. The van der Waals surface area contributed by atoms with Crippen molar-refractivity contribution in [1.29, 1.82) is 0 Å². The Hall–Kier alpha value is -3.21. The average molecular weight is 348 g/mol. The van der Waals surface area contributed by atoms with E-state index in [2.05, 4.69) is 5.32 Å². The molecule has 26 heavy (non-hydrogen) atoms. The molecule has 2 aromatic carbocycles. The standard InChI is InChI=1S/C21H20N2O3/c1-14(24)17-8-5-6-10-19(17)22-21(26)13-20-18-9-4-3-7-16(18)11-12-23(20)15(2)25/h3-12,20H,13H2,1-2H3,(H,22,26)/t20-/m0/s1. The zero-order valence-corrected chi connectivity index (χ0v) is 14.7. The van der Waals surface area contributed by atoms with Gasteiger partial charge in [-0.05, 0) is 36.3 Å². The van der Waals surface area contributed by atoms with Crippen molar-refractivity contribution in [3.8, 4) is 0 Å². The monoisotopic (exact) mass is 348 g/mol. The largest absolute Gasteiger partial charge is 0.325 e. The Balaban J connectivity index is 1.84. The number of para-hydroxylation sites is 1. The molecule has 0 aromatic heterocycles.